The van der Waals surface area contributed by atoms with Crippen LogP contribution in [0.4, 0.5) is 0 Å². The summed E-state index contributed by atoms with van der Waals surface area (Å²) in [5.74, 6) is 0.778. The third-order valence-corrected chi connectivity index (χ3v) is 12.5. The molecule has 0 aliphatic carbocycles. The van der Waals surface area contributed by atoms with E-state index in [0.717, 1.165) is 0 Å². The minimum atomic E-state index is -4.72. The minimum absolute atomic E-state index is 0.0470. The van der Waals surface area contributed by atoms with Gasteiger partial charge in [-0.1, -0.05) is 0 Å². The number of aliphatic hydroxyl groups is 1. The molecule has 7 atom stereocenters. The minimum Gasteiger partial charge on any atom is -0.485 e. The van der Waals surface area contributed by atoms with Crippen molar-refractivity contribution >= 4 is 21.6 Å². The predicted octanol–water partition coefficient (Wildman–Crippen LogP) is 4.63. The van der Waals surface area contributed by atoms with Crippen LogP contribution >= 0.6 is 15.6 Å². The largest absolute Gasteiger partial charge is 0.485 e. The highest BCUT2D eigenvalue weighted by atomic mass is 31.2. The van der Waals surface area contributed by atoms with Crippen molar-refractivity contribution in [3.05, 3.63) is 58.7 Å². The summed E-state index contributed by atoms with van der Waals surface area (Å²) < 4.78 is 71.6. The van der Waals surface area contributed by atoms with E-state index in [2.05, 4.69) is 12.1 Å². The molecule has 2 aromatic rings. The Morgan fingerprint density at radius 3 is 1.69 bits per heavy atom. The fourth-order valence-corrected chi connectivity index (χ4v) is 9.90. The zero-order chi connectivity index (χ0) is 41.9. The molecular formula is C38H50N4O14P2. The first-order valence-electron chi connectivity index (χ1n) is 19.1. The standard InChI is InChI=1S/C38H50N4O14P2/c1-37(2)35(33(41-13-5-7-31(41)43)27-21-25(23-39)9-11-29(27)53-37)55-57(45,46)51-19-17-49-15-16-50-18-20-52-58(47,48)56-36-34(42-14-6-8-32(42)44)28-22-26(24-40)10-12-30(28)54-38(36,3)4/h9-12,21-22,31,33-36,43H,5-8,13-20H2,1-4H3,(H,45,46)(H,47,48)/t31?,33-,34-,35+,36+/m1/s1. The Bertz CT molecular complexity index is 2000. The lowest BCUT2D eigenvalue weighted by atomic mass is 9.85. The summed E-state index contributed by atoms with van der Waals surface area (Å²) in [7, 11) is -9.41. The second kappa shape index (κ2) is 18.0. The number of carbonyl (C=O) groups excluding carboxylic acids is 1. The van der Waals surface area contributed by atoms with E-state index in [-0.39, 0.29) is 45.5 Å². The van der Waals surface area contributed by atoms with Gasteiger partial charge in [-0.3, -0.25) is 27.8 Å². The van der Waals surface area contributed by atoms with E-state index in [1.54, 1.807) is 73.9 Å². The van der Waals surface area contributed by atoms with E-state index < -0.39 is 57.4 Å². The summed E-state index contributed by atoms with van der Waals surface area (Å²) in [6, 6.07) is 12.4. The second-order valence-electron chi connectivity index (χ2n) is 15.5. The van der Waals surface area contributed by atoms with Gasteiger partial charge in [0.1, 0.15) is 41.1 Å². The summed E-state index contributed by atoms with van der Waals surface area (Å²) in [6.07, 6.45) is -0.876. The molecule has 3 N–H and O–H groups in total. The highest BCUT2D eigenvalue weighted by Gasteiger charge is 2.53. The van der Waals surface area contributed by atoms with Crippen LogP contribution in [-0.4, -0.2) is 113 Å². The van der Waals surface area contributed by atoms with Gasteiger partial charge < -0.3 is 38.7 Å². The molecule has 2 saturated heterocycles. The second-order valence-corrected chi connectivity index (χ2v) is 18.3. The maximum atomic E-state index is 13.2. The first-order chi connectivity index (χ1) is 27.4. The molecular weight excluding hydrogens is 798 g/mol. The first kappa shape index (κ1) is 44.1. The fourth-order valence-electron chi connectivity index (χ4n) is 7.86. The van der Waals surface area contributed by atoms with Crippen LogP contribution in [0.3, 0.4) is 0 Å². The molecule has 3 unspecified atom stereocenters. The summed E-state index contributed by atoms with van der Waals surface area (Å²) in [5.41, 5.74) is -0.540. The van der Waals surface area contributed by atoms with Crippen molar-refractivity contribution in [2.24, 2.45) is 0 Å². The van der Waals surface area contributed by atoms with Gasteiger partial charge in [0.05, 0.1) is 75.0 Å². The van der Waals surface area contributed by atoms with E-state index in [4.69, 9.17) is 37.0 Å². The number of hydrogen-bond donors (Lipinski definition) is 3. The number of amides is 1. The van der Waals surface area contributed by atoms with Crippen LogP contribution in [0.15, 0.2) is 36.4 Å². The summed E-state index contributed by atoms with van der Waals surface area (Å²) >= 11 is 0. The highest BCUT2D eigenvalue weighted by molar-refractivity contribution is 7.47. The number of benzene rings is 2. The van der Waals surface area contributed by atoms with E-state index in [9.17, 15) is 39.3 Å². The molecule has 4 heterocycles. The molecule has 2 fully saturated rings. The maximum absolute atomic E-state index is 13.2. The van der Waals surface area contributed by atoms with Crippen LogP contribution in [-0.2, 0) is 41.5 Å². The number of aliphatic hydroxyl groups excluding tert-OH is 1. The van der Waals surface area contributed by atoms with Crippen LogP contribution in [0.2, 0.25) is 0 Å². The number of rotatable bonds is 17. The zero-order valence-electron chi connectivity index (χ0n) is 32.9. The topological polar surface area (TPSA) is 240 Å². The number of likely N-dealkylation sites (tertiary alicyclic amines) is 2. The fraction of sp³-hybridized carbons (Fsp3) is 0.605. The Morgan fingerprint density at radius 1 is 0.759 bits per heavy atom. The van der Waals surface area contributed by atoms with Gasteiger partial charge in [-0.2, -0.15) is 10.5 Å². The molecule has 0 spiro atoms. The maximum Gasteiger partial charge on any atom is 0.472 e. The number of fused-ring (bicyclic) bond motifs is 2. The van der Waals surface area contributed by atoms with Crippen LogP contribution in [0.1, 0.15) is 87.7 Å². The highest BCUT2D eigenvalue weighted by Crippen LogP contribution is 2.55. The number of nitrogens with zero attached hydrogens (tertiary/aromatic N) is 4. The average molecular weight is 849 g/mol. The van der Waals surface area contributed by atoms with Crippen molar-refractivity contribution in [1.82, 2.24) is 9.80 Å². The lowest BCUT2D eigenvalue weighted by molar-refractivity contribution is -0.139. The van der Waals surface area contributed by atoms with Crippen molar-refractivity contribution in [2.45, 2.75) is 95.1 Å². The monoisotopic (exact) mass is 848 g/mol. The third-order valence-electron chi connectivity index (χ3n) is 10.5. The van der Waals surface area contributed by atoms with Crippen molar-refractivity contribution in [3.8, 4) is 23.6 Å². The van der Waals surface area contributed by atoms with Gasteiger partial charge in [-0.15, -0.1) is 0 Å². The molecule has 0 radical (unpaired) electrons. The Hall–Kier alpha value is -3.45. The van der Waals surface area contributed by atoms with Gasteiger partial charge in [-0.05, 0) is 83.4 Å². The number of ether oxygens (including phenoxy) is 4. The molecule has 18 nitrogen and oxygen atoms in total. The van der Waals surface area contributed by atoms with E-state index in [0.29, 0.717) is 72.5 Å². The quantitative estimate of drug-likeness (QED) is 0.145. The Balaban J connectivity index is 0.948. The normalized spacial score (nSPS) is 26.9. The zero-order valence-corrected chi connectivity index (χ0v) is 34.6. The van der Waals surface area contributed by atoms with Crippen molar-refractivity contribution in [1.29, 1.82) is 10.5 Å². The molecule has 4 aliphatic rings. The van der Waals surface area contributed by atoms with Gasteiger partial charge in [0.2, 0.25) is 5.91 Å². The van der Waals surface area contributed by atoms with Crippen LogP contribution in [0.5, 0.6) is 11.5 Å². The van der Waals surface area contributed by atoms with E-state index >= 15 is 0 Å². The van der Waals surface area contributed by atoms with Gasteiger partial charge >= 0.3 is 15.6 Å². The molecule has 0 saturated carbocycles. The molecule has 0 bridgehead atoms. The summed E-state index contributed by atoms with van der Waals surface area (Å²) in [6.45, 7) is 6.95. The number of phosphoric acid groups is 2. The van der Waals surface area contributed by atoms with Crippen molar-refractivity contribution < 1.29 is 65.9 Å². The number of nitriles is 2. The Morgan fingerprint density at radius 2 is 1.24 bits per heavy atom. The molecule has 1 amide bonds. The number of hydrogen-bond acceptors (Lipinski definition) is 15. The Kier molecular flexibility index (Phi) is 13.7. The summed E-state index contributed by atoms with van der Waals surface area (Å²) in [5, 5.41) is 29.8. The summed E-state index contributed by atoms with van der Waals surface area (Å²) in [4.78, 5) is 37.7. The number of phosphoric ester groups is 2. The Labute approximate surface area is 337 Å². The van der Waals surface area contributed by atoms with Gasteiger partial charge in [-0.25, -0.2) is 9.13 Å². The van der Waals surface area contributed by atoms with E-state index in [1.807, 2.05) is 0 Å². The van der Waals surface area contributed by atoms with Gasteiger partial charge in [0.25, 0.3) is 0 Å². The smallest absolute Gasteiger partial charge is 0.472 e. The van der Waals surface area contributed by atoms with Crippen LogP contribution in [0.25, 0.3) is 0 Å². The predicted molar refractivity (Wildman–Crippen MR) is 203 cm³/mol. The molecule has 316 valence electrons. The van der Waals surface area contributed by atoms with Gasteiger partial charge in [0, 0.05) is 30.6 Å². The first-order valence-corrected chi connectivity index (χ1v) is 22.1. The molecule has 58 heavy (non-hydrogen) atoms. The van der Waals surface area contributed by atoms with Crippen LogP contribution in [0, 0.1) is 22.7 Å². The SMILES string of the molecule is CC1(C)Oc2ccc(C#N)cc2[C@@H](N2CCCC2=O)[C@@H]1OP(=O)(O)OCCOCCOCCOP(=O)(O)O[C@H]1[C@H](N2CCCC2O)c2cc(C#N)ccc2OC1(C)C. The molecule has 6 rings (SSSR count). The number of carbonyl (C=O) groups is 1. The molecule has 2 aromatic carbocycles. The van der Waals surface area contributed by atoms with Crippen molar-refractivity contribution in [2.75, 3.05) is 52.7 Å². The lowest BCUT2D eigenvalue weighted by Gasteiger charge is -2.48. The lowest BCUT2D eigenvalue weighted by Crippen LogP contribution is -2.55. The van der Waals surface area contributed by atoms with E-state index in [1.165, 1.54) is 0 Å². The molecule has 20 heteroatoms. The average Bonchev–Trinajstić information content (AvgIpc) is 3.79. The third kappa shape index (κ3) is 10.1. The molecule has 4 aliphatic heterocycles. The van der Waals surface area contributed by atoms with Crippen LogP contribution < -0.4 is 9.47 Å². The van der Waals surface area contributed by atoms with Gasteiger partial charge in [0.15, 0.2) is 0 Å². The molecule has 0 aromatic heterocycles. The van der Waals surface area contributed by atoms with Crippen molar-refractivity contribution in [3.63, 3.8) is 0 Å².